The number of aromatic nitrogens is 3. The van der Waals surface area contributed by atoms with Crippen LogP contribution in [0.15, 0.2) is 12.5 Å². The first-order valence-corrected chi connectivity index (χ1v) is 9.40. The van der Waals surface area contributed by atoms with Crippen LogP contribution in [0.4, 0.5) is 10.6 Å². The van der Waals surface area contributed by atoms with Crippen LogP contribution in [-0.2, 0) is 4.74 Å². The molecule has 2 aromatic heterocycles. The zero-order chi connectivity index (χ0) is 18.5. The van der Waals surface area contributed by atoms with Crippen LogP contribution >= 0.6 is 0 Å². The number of rotatable bonds is 2. The molecule has 1 aliphatic carbocycles. The molecule has 1 atom stereocenters. The molecule has 1 N–H and O–H groups in total. The topological polar surface area (TPSA) is 74.4 Å². The number of hydrogen-bond donors (Lipinski definition) is 1. The van der Waals surface area contributed by atoms with Gasteiger partial charge in [-0.25, -0.2) is 14.8 Å². The summed E-state index contributed by atoms with van der Waals surface area (Å²) in [4.78, 5) is 28.8. The van der Waals surface area contributed by atoms with Gasteiger partial charge in [0.25, 0.3) is 0 Å². The SMILES string of the molecule is CC1CN(c2ncnc3[nH]cc(C4CC4)c23)CCN1C(=O)OC(C)(C)C. The van der Waals surface area contributed by atoms with Crippen LogP contribution in [0.3, 0.4) is 0 Å². The molecule has 7 nitrogen and oxygen atoms in total. The number of nitrogens with one attached hydrogen (secondary N) is 1. The Balaban J connectivity index is 1.55. The molecule has 26 heavy (non-hydrogen) atoms. The molecule has 2 aromatic rings. The predicted octanol–water partition coefficient (Wildman–Crippen LogP) is 3.28. The van der Waals surface area contributed by atoms with E-state index in [4.69, 9.17) is 4.74 Å². The lowest BCUT2D eigenvalue weighted by atomic mass is 10.1. The number of aromatic amines is 1. The molecule has 1 aliphatic heterocycles. The van der Waals surface area contributed by atoms with Crippen molar-refractivity contribution in [2.24, 2.45) is 0 Å². The Morgan fingerprint density at radius 2 is 2.04 bits per heavy atom. The summed E-state index contributed by atoms with van der Waals surface area (Å²) in [6.07, 6.45) is 5.95. The van der Waals surface area contributed by atoms with E-state index < -0.39 is 5.60 Å². The Morgan fingerprint density at radius 3 is 2.69 bits per heavy atom. The van der Waals surface area contributed by atoms with Crippen molar-refractivity contribution in [2.75, 3.05) is 24.5 Å². The lowest BCUT2D eigenvalue weighted by Crippen LogP contribution is -2.55. The number of anilines is 1. The number of fused-ring (bicyclic) bond motifs is 1. The summed E-state index contributed by atoms with van der Waals surface area (Å²) in [6.45, 7) is 9.86. The number of hydrogen-bond acceptors (Lipinski definition) is 5. The second-order valence-corrected chi connectivity index (χ2v) is 8.41. The lowest BCUT2D eigenvalue weighted by Gasteiger charge is -2.40. The van der Waals surface area contributed by atoms with Gasteiger partial charge in [-0.05, 0) is 52.0 Å². The Morgan fingerprint density at radius 1 is 1.27 bits per heavy atom. The zero-order valence-electron chi connectivity index (χ0n) is 16.0. The van der Waals surface area contributed by atoms with Crippen molar-refractivity contribution in [3.05, 3.63) is 18.1 Å². The average molecular weight is 357 g/mol. The fraction of sp³-hybridized carbons (Fsp3) is 0.632. The maximum absolute atomic E-state index is 12.4. The number of piperazine rings is 1. The molecule has 140 valence electrons. The highest BCUT2D eigenvalue weighted by molar-refractivity contribution is 5.91. The van der Waals surface area contributed by atoms with E-state index in [0.717, 1.165) is 29.9 Å². The number of ether oxygens (including phenoxy) is 1. The van der Waals surface area contributed by atoms with Crippen molar-refractivity contribution in [3.8, 4) is 0 Å². The summed E-state index contributed by atoms with van der Waals surface area (Å²) >= 11 is 0. The third kappa shape index (κ3) is 3.22. The summed E-state index contributed by atoms with van der Waals surface area (Å²) in [7, 11) is 0. The second-order valence-electron chi connectivity index (χ2n) is 8.41. The number of nitrogens with zero attached hydrogens (tertiary/aromatic N) is 4. The predicted molar refractivity (Wildman–Crippen MR) is 100 cm³/mol. The number of carbonyl (C=O) groups excluding carboxylic acids is 1. The van der Waals surface area contributed by atoms with Gasteiger partial charge in [0, 0.05) is 31.9 Å². The molecule has 1 saturated carbocycles. The van der Waals surface area contributed by atoms with Gasteiger partial charge >= 0.3 is 6.09 Å². The molecular weight excluding hydrogens is 330 g/mol. The minimum Gasteiger partial charge on any atom is -0.444 e. The van der Waals surface area contributed by atoms with Gasteiger partial charge in [-0.15, -0.1) is 0 Å². The Kier molecular flexibility index (Phi) is 4.04. The van der Waals surface area contributed by atoms with Gasteiger partial charge < -0.3 is 19.5 Å². The highest BCUT2D eigenvalue weighted by Crippen LogP contribution is 2.44. The van der Waals surface area contributed by atoms with E-state index in [2.05, 4.69) is 33.0 Å². The summed E-state index contributed by atoms with van der Waals surface area (Å²) in [5, 5.41) is 1.15. The van der Waals surface area contributed by atoms with E-state index >= 15 is 0 Å². The molecule has 1 unspecified atom stereocenters. The van der Waals surface area contributed by atoms with Gasteiger partial charge in [-0.2, -0.15) is 0 Å². The molecule has 1 saturated heterocycles. The van der Waals surface area contributed by atoms with E-state index in [1.807, 2.05) is 25.7 Å². The van der Waals surface area contributed by atoms with E-state index in [-0.39, 0.29) is 12.1 Å². The third-order valence-corrected chi connectivity index (χ3v) is 5.05. The third-order valence-electron chi connectivity index (χ3n) is 5.05. The van der Waals surface area contributed by atoms with Gasteiger partial charge in [0.15, 0.2) is 0 Å². The first kappa shape index (κ1) is 17.1. The molecule has 0 bridgehead atoms. The van der Waals surface area contributed by atoms with E-state index in [1.54, 1.807) is 6.33 Å². The largest absolute Gasteiger partial charge is 0.444 e. The first-order valence-electron chi connectivity index (χ1n) is 9.40. The smallest absolute Gasteiger partial charge is 0.410 e. The molecule has 3 heterocycles. The van der Waals surface area contributed by atoms with Gasteiger partial charge in [-0.1, -0.05) is 0 Å². The van der Waals surface area contributed by atoms with Crippen molar-refractivity contribution in [1.82, 2.24) is 19.9 Å². The molecule has 0 aromatic carbocycles. The summed E-state index contributed by atoms with van der Waals surface area (Å²) < 4.78 is 5.54. The van der Waals surface area contributed by atoms with Crippen molar-refractivity contribution in [3.63, 3.8) is 0 Å². The van der Waals surface area contributed by atoms with Crippen LogP contribution in [0.2, 0.25) is 0 Å². The first-order chi connectivity index (χ1) is 12.3. The van der Waals surface area contributed by atoms with Crippen LogP contribution in [0.25, 0.3) is 11.0 Å². The molecule has 2 aliphatic rings. The highest BCUT2D eigenvalue weighted by atomic mass is 16.6. The summed E-state index contributed by atoms with van der Waals surface area (Å²) in [5.41, 5.74) is 1.76. The van der Waals surface area contributed by atoms with Crippen LogP contribution < -0.4 is 4.90 Å². The monoisotopic (exact) mass is 357 g/mol. The summed E-state index contributed by atoms with van der Waals surface area (Å²) in [6, 6.07) is 0.0620. The summed E-state index contributed by atoms with van der Waals surface area (Å²) in [5.74, 6) is 1.61. The fourth-order valence-electron chi connectivity index (χ4n) is 3.67. The maximum atomic E-state index is 12.4. The lowest BCUT2D eigenvalue weighted by molar-refractivity contribution is 0.0159. The second kappa shape index (κ2) is 6.14. The normalized spacial score (nSPS) is 21.3. The van der Waals surface area contributed by atoms with Gasteiger partial charge in [0.05, 0.1) is 5.39 Å². The maximum Gasteiger partial charge on any atom is 0.410 e. The van der Waals surface area contributed by atoms with Gasteiger partial charge in [-0.3, -0.25) is 0 Å². The van der Waals surface area contributed by atoms with Crippen molar-refractivity contribution < 1.29 is 9.53 Å². The van der Waals surface area contributed by atoms with E-state index in [1.165, 1.54) is 18.4 Å². The minimum atomic E-state index is -0.475. The van der Waals surface area contributed by atoms with E-state index in [0.29, 0.717) is 12.5 Å². The molecule has 1 amide bonds. The van der Waals surface area contributed by atoms with E-state index in [9.17, 15) is 4.79 Å². The van der Waals surface area contributed by atoms with Crippen LogP contribution in [0.5, 0.6) is 0 Å². The molecule has 4 rings (SSSR count). The number of amides is 1. The fourth-order valence-corrected chi connectivity index (χ4v) is 3.67. The van der Waals surface area contributed by atoms with Crippen molar-refractivity contribution >= 4 is 22.9 Å². The standard InChI is InChI=1S/C19H27N5O2/c1-12-10-23(7-8-24(12)18(25)26-19(2,3)4)17-15-14(13-5-6-13)9-20-16(15)21-11-22-17/h9,11-13H,5-8,10H2,1-4H3,(H,20,21,22). The Hall–Kier alpha value is -2.31. The van der Waals surface area contributed by atoms with Gasteiger partial charge in [0.2, 0.25) is 0 Å². The molecule has 7 heteroatoms. The Labute approximate surface area is 153 Å². The number of H-pyrrole nitrogens is 1. The van der Waals surface area contributed by atoms with Crippen LogP contribution in [0, 0.1) is 0 Å². The zero-order valence-corrected chi connectivity index (χ0v) is 16.0. The van der Waals surface area contributed by atoms with Crippen LogP contribution in [0.1, 0.15) is 52.0 Å². The Bertz CT molecular complexity index is 821. The number of carbonyl (C=O) groups is 1. The van der Waals surface area contributed by atoms with Crippen molar-refractivity contribution in [1.29, 1.82) is 0 Å². The highest BCUT2D eigenvalue weighted by Gasteiger charge is 2.33. The average Bonchev–Trinajstić information content (AvgIpc) is 3.31. The molecule has 0 radical (unpaired) electrons. The van der Waals surface area contributed by atoms with Crippen molar-refractivity contribution in [2.45, 2.75) is 58.1 Å². The minimum absolute atomic E-state index is 0.0620. The molecule has 2 fully saturated rings. The van der Waals surface area contributed by atoms with Crippen LogP contribution in [-0.4, -0.2) is 57.2 Å². The quantitative estimate of drug-likeness (QED) is 0.893. The van der Waals surface area contributed by atoms with Gasteiger partial charge in [0.1, 0.15) is 23.4 Å². The molecular formula is C19H27N5O2. The molecule has 0 spiro atoms.